The number of carboxylic acids is 1. The number of aliphatic carboxylic acids is 1. The fraction of sp³-hybridized carbons (Fsp3) is 0.167. The van der Waals surface area contributed by atoms with Crippen LogP contribution in [0, 0.1) is 0 Å². The van der Waals surface area contributed by atoms with Crippen molar-refractivity contribution in [3.8, 4) is 0 Å². The van der Waals surface area contributed by atoms with Crippen molar-refractivity contribution in [3.63, 3.8) is 0 Å². The van der Waals surface area contributed by atoms with E-state index >= 15 is 0 Å². The number of aryl methyl sites for hydroxylation is 1. The number of nitrogens with one attached hydrogen (secondary N) is 1. The summed E-state index contributed by atoms with van der Waals surface area (Å²) in [6.45, 7) is 0. The quantitative estimate of drug-likeness (QED) is 0.869. The number of nitrogens with zero attached hydrogens (tertiary/aromatic N) is 2. The summed E-state index contributed by atoms with van der Waals surface area (Å²) in [5.74, 6) is -1.14. The first kappa shape index (κ1) is 13.2. The van der Waals surface area contributed by atoms with Crippen LogP contribution in [0.15, 0.2) is 29.6 Å². The molecule has 19 heavy (non-hydrogen) atoms. The number of hydrogen-bond donors (Lipinski definition) is 2. The first-order valence-electron chi connectivity index (χ1n) is 5.54. The zero-order chi connectivity index (χ0) is 13.7. The maximum absolute atomic E-state index is 11.7. The smallest absolute Gasteiger partial charge is 0.303 e. The molecule has 0 unspecified atom stereocenters. The van der Waals surface area contributed by atoms with Gasteiger partial charge in [0.2, 0.25) is 0 Å². The number of aromatic nitrogens is 2. The van der Waals surface area contributed by atoms with Gasteiger partial charge in [0.05, 0.1) is 0 Å². The van der Waals surface area contributed by atoms with E-state index in [0.29, 0.717) is 12.1 Å². The van der Waals surface area contributed by atoms with Crippen LogP contribution in [0.3, 0.4) is 0 Å². The lowest BCUT2D eigenvalue weighted by molar-refractivity contribution is -0.136. The van der Waals surface area contributed by atoms with Crippen LogP contribution in [0.4, 0.5) is 5.69 Å². The van der Waals surface area contributed by atoms with Gasteiger partial charge in [0.1, 0.15) is 0 Å². The van der Waals surface area contributed by atoms with E-state index < -0.39 is 5.97 Å². The van der Waals surface area contributed by atoms with Crippen molar-refractivity contribution in [2.24, 2.45) is 0 Å². The van der Waals surface area contributed by atoms with E-state index in [0.717, 1.165) is 17.1 Å². The minimum atomic E-state index is -0.826. The molecule has 0 spiro atoms. The lowest BCUT2D eigenvalue weighted by Gasteiger charge is -2.04. The third-order valence-electron chi connectivity index (χ3n) is 2.43. The Kier molecular flexibility index (Phi) is 4.19. The van der Waals surface area contributed by atoms with Crippen LogP contribution in [0.5, 0.6) is 0 Å². The van der Waals surface area contributed by atoms with Crippen molar-refractivity contribution >= 4 is 29.1 Å². The van der Waals surface area contributed by atoms with E-state index in [4.69, 9.17) is 5.11 Å². The van der Waals surface area contributed by atoms with Crippen molar-refractivity contribution in [1.82, 2.24) is 9.59 Å². The lowest BCUT2D eigenvalue weighted by atomic mass is 10.1. The zero-order valence-corrected chi connectivity index (χ0v) is 10.7. The second-order valence-corrected chi connectivity index (χ2v) is 4.44. The van der Waals surface area contributed by atoms with Gasteiger partial charge in [-0.2, -0.15) is 0 Å². The van der Waals surface area contributed by atoms with Crippen LogP contribution < -0.4 is 5.32 Å². The number of rotatable bonds is 5. The molecule has 1 amide bonds. The molecular weight excluding hydrogens is 266 g/mol. The van der Waals surface area contributed by atoms with Gasteiger partial charge in [-0.3, -0.25) is 9.59 Å². The largest absolute Gasteiger partial charge is 0.481 e. The van der Waals surface area contributed by atoms with Crippen LogP contribution in [0.2, 0.25) is 0 Å². The Morgan fingerprint density at radius 2 is 2.00 bits per heavy atom. The molecule has 0 aliphatic carbocycles. The van der Waals surface area contributed by atoms with Gasteiger partial charge in [0, 0.05) is 17.5 Å². The third-order valence-corrected chi connectivity index (χ3v) is 2.94. The Balaban J connectivity index is 1.95. The topological polar surface area (TPSA) is 92.2 Å². The van der Waals surface area contributed by atoms with Crippen LogP contribution in [0.25, 0.3) is 0 Å². The molecule has 1 aromatic carbocycles. The van der Waals surface area contributed by atoms with Gasteiger partial charge in [-0.25, -0.2) is 0 Å². The fourth-order valence-corrected chi connectivity index (χ4v) is 1.90. The summed E-state index contributed by atoms with van der Waals surface area (Å²) < 4.78 is 3.62. The SMILES string of the molecule is O=C(O)CCc1ccc(NC(=O)c2csnn2)cc1. The van der Waals surface area contributed by atoms with Crippen LogP contribution >= 0.6 is 11.5 Å². The molecule has 2 aromatic rings. The highest BCUT2D eigenvalue weighted by atomic mass is 32.1. The molecule has 0 bridgehead atoms. The minimum Gasteiger partial charge on any atom is -0.481 e. The van der Waals surface area contributed by atoms with Gasteiger partial charge < -0.3 is 10.4 Å². The van der Waals surface area contributed by atoms with Crippen LogP contribution in [0.1, 0.15) is 22.5 Å². The lowest BCUT2D eigenvalue weighted by Crippen LogP contribution is -2.12. The number of amides is 1. The molecule has 7 heteroatoms. The van der Waals surface area contributed by atoms with Crippen molar-refractivity contribution < 1.29 is 14.7 Å². The van der Waals surface area contributed by atoms with E-state index in [2.05, 4.69) is 14.9 Å². The van der Waals surface area contributed by atoms with Gasteiger partial charge in [-0.15, -0.1) is 5.10 Å². The zero-order valence-electron chi connectivity index (χ0n) is 9.87. The molecule has 2 N–H and O–H groups in total. The Morgan fingerprint density at radius 1 is 1.26 bits per heavy atom. The van der Waals surface area contributed by atoms with E-state index in [1.165, 1.54) is 0 Å². The fourth-order valence-electron chi connectivity index (χ4n) is 1.46. The molecule has 0 radical (unpaired) electrons. The molecule has 0 aliphatic rings. The molecule has 0 saturated carbocycles. The second-order valence-electron chi connectivity index (χ2n) is 3.83. The summed E-state index contributed by atoms with van der Waals surface area (Å²) in [6.07, 6.45) is 0.565. The highest BCUT2D eigenvalue weighted by Gasteiger charge is 2.08. The molecule has 0 atom stereocenters. The molecule has 0 fully saturated rings. The number of anilines is 1. The Labute approximate surface area is 113 Å². The van der Waals surface area contributed by atoms with Gasteiger partial charge in [0.25, 0.3) is 5.91 Å². The van der Waals surface area contributed by atoms with Crippen molar-refractivity contribution in [2.45, 2.75) is 12.8 Å². The van der Waals surface area contributed by atoms with Crippen molar-refractivity contribution in [2.75, 3.05) is 5.32 Å². The van der Waals surface area contributed by atoms with Gasteiger partial charge in [-0.05, 0) is 35.6 Å². The maximum atomic E-state index is 11.7. The predicted octanol–water partition coefficient (Wildman–Crippen LogP) is 1.81. The summed E-state index contributed by atoms with van der Waals surface area (Å²) >= 11 is 1.11. The summed E-state index contributed by atoms with van der Waals surface area (Å²) in [7, 11) is 0. The Hall–Kier alpha value is -2.28. The monoisotopic (exact) mass is 277 g/mol. The number of carboxylic acid groups (broad SMARTS) is 1. The van der Waals surface area contributed by atoms with Gasteiger partial charge >= 0.3 is 5.97 Å². The summed E-state index contributed by atoms with van der Waals surface area (Å²) in [5.41, 5.74) is 1.83. The summed E-state index contributed by atoms with van der Waals surface area (Å²) in [5, 5.41) is 16.5. The number of benzene rings is 1. The van der Waals surface area contributed by atoms with E-state index in [-0.39, 0.29) is 18.0 Å². The molecule has 1 aromatic heterocycles. The average molecular weight is 277 g/mol. The van der Waals surface area contributed by atoms with E-state index in [1.807, 2.05) is 0 Å². The Bertz CT molecular complexity index is 566. The second kappa shape index (κ2) is 6.05. The minimum absolute atomic E-state index is 0.0935. The van der Waals surface area contributed by atoms with Crippen molar-refractivity contribution in [1.29, 1.82) is 0 Å². The summed E-state index contributed by atoms with van der Waals surface area (Å²) in [6, 6.07) is 7.04. The van der Waals surface area contributed by atoms with E-state index in [9.17, 15) is 9.59 Å². The number of carbonyl (C=O) groups is 2. The first-order chi connectivity index (χ1) is 9.15. The van der Waals surface area contributed by atoms with Crippen molar-refractivity contribution in [3.05, 3.63) is 40.9 Å². The molecular formula is C12H11N3O3S. The summed E-state index contributed by atoms with van der Waals surface area (Å²) in [4.78, 5) is 22.1. The average Bonchev–Trinajstić information content (AvgIpc) is 2.92. The number of carbonyl (C=O) groups excluding carboxylic acids is 1. The molecule has 0 aliphatic heterocycles. The van der Waals surface area contributed by atoms with E-state index in [1.54, 1.807) is 29.6 Å². The molecule has 2 rings (SSSR count). The Morgan fingerprint density at radius 3 is 2.58 bits per heavy atom. The predicted molar refractivity (Wildman–Crippen MR) is 70.3 cm³/mol. The maximum Gasteiger partial charge on any atom is 0.303 e. The highest BCUT2D eigenvalue weighted by molar-refractivity contribution is 7.03. The number of hydrogen-bond acceptors (Lipinski definition) is 5. The molecule has 0 saturated heterocycles. The first-order valence-corrected chi connectivity index (χ1v) is 6.38. The van der Waals surface area contributed by atoms with Crippen LogP contribution in [-0.4, -0.2) is 26.6 Å². The molecule has 6 nitrogen and oxygen atoms in total. The molecule has 1 heterocycles. The molecule has 98 valence electrons. The van der Waals surface area contributed by atoms with Crippen LogP contribution in [-0.2, 0) is 11.2 Å². The van der Waals surface area contributed by atoms with Gasteiger partial charge in [-0.1, -0.05) is 16.6 Å². The standard InChI is InChI=1S/C12H11N3O3S/c16-11(17)6-3-8-1-4-9(5-2-8)13-12(18)10-7-19-15-14-10/h1-2,4-5,7H,3,6H2,(H,13,18)(H,16,17). The normalized spacial score (nSPS) is 10.1. The highest BCUT2D eigenvalue weighted by Crippen LogP contribution is 2.12. The van der Waals surface area contributed by atoms with Gasteiger partial charge in [0.15, 0.2) is 5.69 Å². The third kappa shape index (κ3) is 3.85.